The monoisotopic (exact) mass is 489 g/mol. The van der Waals surface area contributed by atoms with E-state index in [2.05, 4.69) is 29.9 Å². The first-order chi connectivity index (χ1) is 17.6. The molecular weight excluding hydrogens is 446 g/mol. The van der Waals surface area contributed by atoms with Crippen LogP contribution in [0.3, 0.4) is 0 Å². The number of carbonyl (C=O) groups excluding carboxylic acids is 1. The number of nitriles is 1. The molecule has 1 aliphatic carbocycles. The number of benzene rings is 1. The van der Waals surface area contributed by atoms with Gasteiger partial charge in [0.15, 0.2) is 5.82 Å². The zero-order valence-electron chi connectivity index (χ0n) is 22.3. The van der Waals surface area contributed by atoms with Crippen LogP contribution in [-0.4, -0.2) is 15.9 Å². The van der Waals surface area contributed by atoms with Crippen molar-refractivity contribution in [3.05, 3.63) is 42.2 Å². The summed E-state index contributed by atoms with van der Waals surface area (Å²) in [5.41, 5.74) is 1.82. The highest BCUT2D eigenvalue weighted by Crippen LogP contribution is 2.42. The molecule has 1 aromatic heterocycles. The Morgan fingerprint density at radius 2 is 1.56 bits per heavy atom. The maximum Gasteiger partial charge on any atom is 0.314 e. The maximum atomic E-state index is 12.8. The minimum Gasteiger partial charge on any atom is -0.426 e. The van der Waals surface area contributed by atoms with Gasteiger partial charge in [-0.25, -0.2) is 9.97 Å². The first-order valence-corrected chi connectivity index (χ1v) is 14.1. The third kappa shape index (κ3) is 8.43. The number of aryl methyl sites for hydroxylation is 1. The number of unbranched alkanes of at least 4 members (excludes halogenated alkanes) is 7. The Balaban J connectivity index is 1.45. The van der Waals surface area contributed by atoms with Gasteiger partial charge in [-0.15, -0.1) is 0 Å². The zero-order chi connectivity index (χ0) is 25.6. The van der Waals surface area contributed by atoms with E-state index in [1.807, 2.05) is 36.7 Å². The SMILES string of the molecule is CCCCCCC[C@]1(C#N)CC[C@H](C(=O)Oc2ccc(-c3ncc(CCCCCC)cn3)cc2)CC1. The van der Waals surface area contributed by atoms with Crippen LogP contribution in [-0.2, 0) is 11.2 Å². The van der Waals surface area contributed by atoms with Crippen LogP contribution in [0, 0.1) is 22.7 Å². The number of carbonyl (C=O) groups is 1. The fraction of sp³-hybridized carbons (Fsp3) is 0.613. The normalized spacial score (nSPS) is 19.5. The summed E-state index contributed by atoms with van der Waals surface area (Å²) in [6, 6.07) is 10.0. The van der Waals surface area contributed by atoms with Crippen molar-refractivity contribution >= 4 is 5.97 Å². The van der Waals surface area contributed by atoms with E-state index in [1.165, 1.54) is 56.9 Å². The third-order valence-corrected chi connectivity index (χ3v) is 7.63. The number of esters is 1. The van der Waals surface area contributed by atoms with Crippen LogP contribution in [0.2, 0.25) is 0 Å². The summed E-state index contributed by atoms with van der Waals surface area (Å²) in [7, 11) is 0. The average Bonchev–Trinajstić information content (AvgIpc) is 2.92. The molecule has 0 bridgehead atoms. The molecular formula is C31H43N3O2. The molecule has 5 heteroatoms. The van der Waals surface area contributed by atoms with Gasteiger partial charge in [-0.3, -0.25) is 4.79 Å². The van der Waals surface area contributed by atoms with E-state index in [9.17, 15) is 10.1 Å². The predicted molar refractivity (Wildman–Crippen MR) is 144 cm³/mol. The second kappa shape index (κ2) is 14.7. The van der Waals surface area contributed by atoms with Gasteiger partial charge in [-0.1, -0.05) is 65.2 Å². The molecule has 3 rings (SSSR count). The number of hydrogen-bond donors (Lipinski definition) is 0. The lowest BCUT2D eigenvalue weighted by Gasteiger charge is -2.34. The summed E-state index contributed by atoms with van der Waals surface area (Å²) in [5.74, 6) is 0.921. The Morgan fingerprint density at radius 1 is 0.944 bits per heavy atom. The molecule has 0 atom stereocenters. The van der Waals surface area contributed by atoms with E-state index < -0.39 is 0 Å². The van der Waals surface area contributed by atoms with Crippen LogP contribution in [0.15, 0.2) is 36.7 Å². The number of hydrogen-bond acceptors (Lipinski definition) is 5. The standard InChI is InChI=1S/C31H43N3O2/c1-3-5-7-9-11-19-31(24-32)20-17-27(18-21-31)30(35)36-28-15-13-26(14-16-28)29-33-22-25(23-34-29)12-10-8-6-4-2/h13-16,22-23,27H,3-12,17-21H2,1-2H3/t27-,31-. The second-order valence-corrected chi connectivity index (χ2v) is 10.5. The highest BCUT2D eigenvalue weighted by atomic mass is 16.5. The summed E-state index contributed by atoms with van der Waals surface area (Å²) in [4.78, 5) is 21.8. The molecule has 0 aliphatic heterocycles. The first kappa shape index (κ1) is 27.8. The molecule has 1 fully saturated rings. The topological polar surface area (TPSA) is 75.9 Å². The Morgan fingerprint density at radius 3 is 2.17 bits per heavy atom. The number of nitrogens with zero attached hydrogens (tertiary/aromatic N) is 3. The predicted octanol–water partition coefficient (Wildman–Crippen LogP) is 8.23. The molecule has 0 N–H and O–H groups in total. The minimum atomic E-state index is -0.254. The van der Waals surface area contributed by atoms with Crippen LogP contribution >= 0.6 is 0 Å². The van der Waals surface area contributed by atoms with Crippen molar-refractivity contribution in [1.82, 2.24) is 9.97 Å². The van der Waals surface area contributed by atoms with E-state index in [1.54, 1.807) is 0 Å². The van der Waals surface area contributed by atoms with Gasteiger partial charge in [0, 0.05) is 18.0 Å². The largest absolute Gasteiger partial charge is 0.426 e. The molecule has 5 nitrogen and oxygen atoms in total. The second-order valence-electron chi connectivity index (χ2n) is 10.5. The van der Waals surface area contributed by atoms with Gasteiger partial charge in [0.2, 0.25) is 0 Å². The van der Waals surface area contributed by atoms with Crippen molar-refractivity contribution in [3.8, 4) is 23.2 Å². The number of aromatic nitrogens is 2. The molecule has 1 heterocycles. The third-order valence-electron chi connectivity index (χ3n) is 7.63. The van der Waals surface area contributed by atoms with Gasteiger partial charge in [0.05, 0.1) is 17.4 Å². The first-order valence-electron chi connectivity index (χ1n) is 14.1. The number of ether oxygens (including phenoxy) is 1. The minimum absolute atomic E-state index is 0.126. The molecule has 1 aliphatic rings. The van der Waals surface area contributed by atoms with E-state index in [0.29, 0.717) is 11.6 Å². The van der Waals surface area contributed by atoms with Gasteiger partial charge in [0.25, 0.3) is 0 Å². The van der Waals surface area contributed by atoms with Crippen molar-refractivity contribution in [2.45, 2.75) is 110 Å². The Bertz CT molecular complexity index is 955. The Kier molecular flexibility index (Phi) is 11.4. The molecule has 0 spiro atoms. The van der Waals surface area contributed by atoms with Gasteiger partial charge >= 0.3 is 5.97 Å². The van der Waals surface area contributed by atoms with Crippen LogP contribution in [0.25, 0.3) is 11.4 Å². The van der Waals surface area contributed by atoms with Crippen LogP contribution in [0.4, 0.5) is 0 Å². The summed E-state index contributed by atoms with van der Waals surface area (Å²) in [6.45, 7) is 4.44. The van der Waals surface area contributed by atoms with Crippen LogP contribution < -0.4 is 4.74 Å². The molecule has 0 saturated heterocycles. The smallest absolute Gasteiger partial charge is 0.314 e. The van der Waals surface area contributed by atoms with Crippen molar-refractivity contribution in [3.63, 3.8) is 0 Å². The summed E-state index contributed by atoms with van der Waals surface area (Å²) in [6.07, 6.45) is 19.9. The molecule has 2 aromatic rings. The molecule has 194 valence electrons. The molecule has 1 aromatic carbocycles. The van der Waals surface area contributed by atoms with Gasteiger partial charge in [-0.05, 0) is 74.8 Å². The lowest BCUT2D eigenvalue weighted by molar-refractivity contribution is -0.140. The van der Waals surface area contributed by atoms with E-state index in [4.69, 9.17) is 4.74 Å². The quantitative estimate of drug-likeness (QED) is 0.152. The number of rotatable bonds is 14. The van der Waals surface area contributed by atoms with Gasteiger partial charge in [-0.2, -0.15) is 5.26 Å². The molecule has 0 amide bonds. The molecule has 0 unspecified atom stereocenters. The van der Waals surface area contributed by atoms with Crippen LogP contribution in [0.1, 0.15) is 109 Å². The van der Waals surface area contributed by atoms with Crippen molar-refractivity contribution in [1.29, 1.82) is 5.26 Å². The van der Waals surface area contributed by atoms with E-state index in [-0.39, 0.29) is 17.3 Å². The fourth-order valence-electron chi connectivity index (χ4n) is 5.15. The van der Waals surface area contributed by atoms with Crippen molar-refractivity contribution < 1.29 is 9.53 Å². The van der Waals surface area contributed by atoms with Crippen molar-refractivity contribution in [2.75, 3.05) is 0 Å². The zero-order valence-corrected chi connectivity index (χ0v) is 22.3. The van der Waals surface area contributed by atoms with E-state index >= 15 is 0 Å². The fourth-order valence-corrected chi connectivity index (χ4v) is 5.15. The van der Waals surface area contributed by atoms with E-state index in [0.717, 1.165) is 50.5 Å². The van der Waals surface area contributed by atoms with Crippen LogP contribution in [0.5, 0.6) is 5.75 Å². The molecule has 1 saturated carbocycles. The average molecular weight is 490 g/mol. The highest BCUT2D eigenvalue weighted by Gasteiger charge is 2.37. The Hall–Kier alpha value is -2.74. The van der Waals surface area contributed by atoms with Crippen molar-refractivity contribution in [2.24, 2.45) is 11.3 Å². The van der Waals surface area contributed by atoms with Gasteiger partial charge < -0.3 is 4.74 Å². The molecule has 0 radical (unpaired) electrons. The van der Waals surface area contributed by atoms with Gasteiger partial charge in [0.1, 0.15) is 5.75 Å². The highest BCUT2D eigenvalue weighted by molar-refractivity contribution is 5.75. The summed E-state index contributed by atoms with van der Waals surface area (Å²) < 4.78 is 5.69. The summed E-state index contributed by atoms with van der Waals surface area (Å²) in [5, 5.41) is 9.82. The lowest BCUT2D eigenvalue weighted by atomic mass is 9.69. The molecule has 36 heavy (non-hydrogen) atoms. The summed E-state index contributed by atoms with van der Waals surface area (Å²) >= 11 is 0. The Labute approximate surface area is 217 Å². The lowest BCUT2D eigenvalue weighted by Crippen LogP contribution is -2.31. The maximum absolute atomic E-state index is 12.8.